The zero-order valence-electron chi connectivity index (χ0n) is 12.5. The Kier molecular flexibility index (Phi) is 5.95. The van der Waals surface area contributed by atoms with Gasteiger partial charge in [-0.3, -0.25) is 0 Å². The molecular formula is C18H21BrFN. The third-order valence-corrected chi connectivity index (χ3v) is 4.48. The second-order valence-corrected chi connectivity index (χ2v) is 6.17. The molecule has 0 saturated heterocycles. The Morgan fingerprint density at radius 3 is 2.62 bits per heavy atom. The lowest BCUT2D eigenvalue weighted by Crippen LogP contribution is -2.24. The van der Waals surface area contributed by atoms with Gasteiger partial charge in [0, 0.05) is 10.5 Å². The zero-order chi connectivity index (χ0) is 15.2. The minimum atomic E-state index is -0.132. The maximum Gasteiger partial charge on any atom is 0.126 e. The molecule has 1 nitrogen and oxygen atoms in total. The van der Waals surface area contributed by atoms with Crippen molar-refractivity contribution in [3.63, 3.8) is 0 Å². The highest BCUT2D eigenvalue weighted by atomic mass is 79.9. The molecule has 2 rings (SSSR count). The molecule has 21 heavy (non-hydrogen) atoms. The number of hydrogen-bond donors (Lipinski definition) is 1. The maximum absolute atomic E-state index is 13.9. The molecule has 2 aromatic rings. The van der Waals surface area contributed by atoms with E-state index in [0.717, 1.165) is 23.0 Å². The molecule has 112 valence electrons. The van der Waals surface area contributed by atoms with Crippen molar-refractivity contribution in [3.05, 3.63) is 69.4 Å². The second kappa shape index (κ2) is 7.71. The highest BCUT2D eigenvalue weighted by Crippen LogP contribution is 2.25. The van der Waals surface area contributed by atoms with Crippen LogP contribution in [0.4, 0.5) is 4.39 Å². The normalized spacial score (nSPS) is 12.4. The average Bonchev–Trinajstić information content (AvgIpc) is 2.48. The van der Waals surface area contributed by atoms with Crippen LogP contribution in [0.15, 0.2) is 46.9 Å². The molecule has 2 aromatic carbocycles. The van der Waals surface area contributed by atoms with E-state index >= 15 is 0 Å². The molecule has 1 unspecified atom stereocenters. The van der Waals surface area contributed by atoms with E-state index in [1.807, 2.05) is 12.1 Å². The SMILES string of the molecule is CCCNC(Cc1ccccc1F)c1ccc(C)c(Br)c1. The summed E-state index contributed by atoms with van der Waals surface area (Å²) in [6.07, 6.45) is 1.71. The fourth-order valence-electron chi connectivity index (χ4n) is 2.34. The maximum atomic E-state index is 13.9. The lowest BCUT2D eigenvalue weighted by Gasteiger charge is -2.20. The topological polar surface area (TPSA) is 12.0 Å². The lowest BCUT2D eigenvalue weighted by atomic mass is 9.97. The molecule has 0 aliphatic carbocycles. The minimum absolute atomic E-state index is 0.124. The van der Waals surface area contributed by atoms with Crippen LogP contribution in [-0.4, -0.2) is 6.54 Å². The molecule has 0 aromatic heterocycles. The van der Waals surface area contributed by atoms with Crippen molar-refractivity contribution < 1.29 is 4.39 Å². The van der Waals surface area contributed by atoms with Crippen molar-refractivity contribution in [3.8, 4) is 0 Å². The number of hydrogen-bond acceptors (Lipinski definition) is 1. The van der Waals surface area contributed by atoms with Gasteiger partial charge in [0.1, 0.15) is 5.82 Å². The third-order valence-electron chi connectivity index (χ3n) is 3.62. The zero-order valence-corrected chi connectivity index (χ0v) is 14.1. The number of benzene rings is 2. The Morgan fingerprint density at radius 2 is 1.95 bits per heavy atom. The molecule has 0 radical (unpaired) electrons. The van der Waals surface area contributed by atoms with Gasteiger partial charge in [-0.25, -0.2) is 4.39 Å². The Balaban J connectivity index is 2.25. The van der Waals surface area contributed by atoms with E-state index in [1.165, 1.54) is 17.2 Å². The quantitative estimate of drug-likeness (QED) is 0.757. The monoisotopic (exact) mass is 349 g/mol. The number of aryl methyl sites for hydroxylation is 1. The molecule has 0 saturated carbocycles. The summed E-state index contributed by atoms with van der Waals surface area (Å²) in [6, 6.07) is 13.5. The summed E-state index contributed by atoms with van der Waals surface area (Å²) in [7, 11) is 0. The molecular weight excluding hydrogens is 329 g/mol. The summed E-state index contributed by atoms with van der Waals surface area (Å²) in [5.41, 5.74) is 3.14. The van der Waals surface area contributed by atoms with Crippen LogP contribution in [0.3, 0.4) is 0 Å². The lowest BCUT2D eigenvalue weighted by molar-refractivity contribution is 0.513. The molecule has 0 spiro atoms. The minimum Gasteiger partial charge on any atom is -0.310 e. The van der Waals surface area contributed by atoms with E-state index in [1.54, 1.807) is 6.07 Å². The van der Waals surface area contributed by atoms with Gasteiger partial charge >= 0.3 is 0 Å². The molecule has 0 bridgehead atoms. The predicted molar refractivity (Wildman–Crippen MR) is 90.0 cm³/mol. The first kappa shape index (κ1) is 16.2. The van der Waals surface area contributed by atoms with Gasteiger partial charge in [0.15, 0.2) is 0 Å². The van der Waals surface area contributed by atoms with Crippen LogP contribution in [-0.2, 0) is 6.42 Å². The van der Waals surface area contributed by atoms with Crippen molar-refractivity contribution in [1.29, 1.82) is 0 Å². The molecule has 0 amide bonds. The van der Waals surface area contributed by atoms with E-state index in [-0.39, 0.29) is 11.9 Å². The smallest absolute Gasteiger partial charge is 0.126 e. The van der Waals surface area contributed by atoms with Crippen LogP contribution in [0.5, 0.6) is 0 Å². The van der Waals surface area contributed by atoms with Gasteiger partial charge < -0.3 is 5.32 Å². The third kappa shape index (κ3) is 4.39. The molecule has 0 fully saturated rings. The molecule has 3 heteroatoms. The summed E-state index contributed by atoms with van der Waals surface area (Å²) >= 11 is 3.58. The van der Waals surface area contributed by atoms with E-state index in [2.05, 4.69) is 53.3 Å². The van der Waals surface area contributed by atoms with Gasteiger partial charge in [-0.2, -0.15) is 0 Å². The standard InChI is InChI=1S/C18H21BrFN/c1-3-10-21-18(12-14-6-4-5-7-17(14)20)15-9-8-13(2)16(19)11-15/h4-9,11,18,21H,3,10,12H2,1-2H3. The van der Waals surface area contributed by atoms with E-state index in [0.29, 0.717) is 6.42 Å². The van der Waals surface area contributed by atoms with Gasteiger partial charge in [-0.15, -0.1) is 0 Å². The first-order chi connectivity index (χ1) is 10.1. The van der Waals surface area contributed by atoms with E-state index in [9.17, 15) is 4.39 Å². The van der Waals surface area contributed by atoms with Crippen molar-refractivity contribution in [1.82, 2.24) is 5.32 Å². The van der Waals surface area contributed by atoms with Gasteiger partial charge in [0.05, 0.1) is 0 Å². The molecule has 1 atom stereocenters. The average molecular weight is 350 g/mol. The van der Waals surface area contributed by atoms with Crippen molar-refractivity contribution >= 4 is 15.9 Å². The molecule has 0 aliphatic heterocycles. The highest BCUT2D eigenvalue weighted by Gasteiger charge is 2.14. The largest absolute Gasteiger partial charge is 0.310 e. The van der Waals surface area contributed by atoms with E-state index < -0.39 is 0 Å². The van der Waals surface area contributed by atoms with Crippen molar-refractivity contribution in [2.24, 2.45) is 0 Å². The summed E-state index contributed by atoms with van der Waals surface area (Å²) in [5, 5.41) is 3.52. The van der Waals surface area contributed by atoms with Crippen LogP contribution in [0, 0.1) is 12.7 Å². The summed E-state index contributed by atoms with van der Waals surface area (Å²) in [5.74, 6) is -0.132. The van der Waals surface area contributed by atoms with Crippen LogP contribution < -0.4 is 5.32 Å². The van der Waals surface area contributed by atoms with E-state index in [4.69, 9.17) is 0 Å². The van der Waals surface area contributed by atoms with Gasteiger partial charge in [-0.05, 0) is 55.1 Å². The Labute approximate surface area is 134 Å². The second-order valence-electron chi connectivity index (χ2n) is 5.31. The fraction of sp³-hybridized carbons (Fsp3) is 0.333. The first-order valence-corrected chi connectivity index (χ1v) is 8.14. The summed E-state index contributed by atoms with van der Waals surface area (Å²) < 4.78 is 15.0. The number of halogens is 2. The van der Waals surface area contributed by atoms with Gasteiger partial charge in [0.25, 0.3) is 0 Å². The molecule has 0 heterocycles. The Morgan fingerprint density at radius 1 is 1.19 bits per heavy atom. The van der Waals surface area contributed by atoms with Gasteiger partial charge in [0.2, 0.25) is 0 Å². The highest BCUT2D eigenvalue weighted by molar-refractivity contribution is 9.10. The summed E-state index contributed by atoms with van der Waals surface area (Å²) in [6.45, 7) is 5.13. The fourth-order valence-corrected chi connectivity index (χ4v) is 2.73. The Hall–Kier alpha value is -1.19. The van der Waals surface area contributed by atoms with Crippen molar-refractivity contribution in [2.75, 3.05) is 6.54 Å². The van der Waals surface area contributed by atoms with Gasteiger partial charge in [-0.1, -0.05) is 53.2 Å². The van der Waals surface area contributed by atoms with Crippen molar-refractivity contribution in [2.45, 2.75) is 32.7 Å². The van der Waals surface area contributed by atoms with Crippen LogP contribution >= 0.6 is 15.9 Å². The predicted octanol–water partition coefficient (Wildman–Crippen LogP) is 5.18. The van der Waals surface area contributed by atoms with Crippen LogP contribution in [0.2, 0.25) is 0 Å². The Bertz CT molecular complexity index is 598. The number of rotatable bonds is 6. The number of nitrogens with one attached hydrogen (secondary N) is 1. The first-order valence-electron chi connectivity index (χ1n) is 7.34. The summed E-state index contributed by atoms with van der Waals surface area (Å²) in [4.78, 5) is 0. The molecule has 0 aliphatic rings. The van der Waals surface area contributed by atoms with Crippen LogP contribution in [0.25, 0.3) is 0 Å². The van der Waals surface area contributed by atoms with Crippen LogP contribution in [0.1, 0.15) is 36.1 Å². The molecule has 1 N–H and O–H groups in total.